The number of fused-ring (bicyclic) bond motifs is 1. The van der Waals surface area contributed by atoms with E-state index in [0.717, 1.165) is 16.8 Å². The van der Waals surface area contributed by atoms with Crippen molar-refractivity contribution in [2.24, 2.45) is 0 Å². The van der Waals surface area contributed by atoms with Crippen LogP contribution in [0.4, 0.5) is 5.69 Å². The zero-order valence-corrected chi connectivity index (χ0v) is 25.8. The Hall–Kier alpha value is -3.88. The van der Waals surface area contributed by atoms with Crippen LogP contribution < -0.4 is 14.4 Å². The van der Waals surface area contributed by atoms with Gasteiger partial charge in [-0.05, 0) is 64.1 Å². The number of hydrogen-bond acceptors (Lipinski definition) is 7. The summed E-state index contributed by atoms with van der Waals surface area (Å²) >= 11 is 13.3. The van der Waals surface area contributed by atoms with Gasteiger partial charge in [-0.1, -0.05) is 35.3 Å². The van der Waals surface area contributed by atoms with E-state index in [1.54, 1.807) is 46.1 Å². The Kier molecular flexibility index (Phi) is 9.91. The number of aryl methyl sites for hydroxylation is 1. The molecule has 0 spiro atoms. The lowest BCUT2D eigenvalue weighted by Crippen LogP contribution is -2.29. The van der Waals surface area contributed by atoms with E-state index < -0.39 is 11.6 Å². The molecule has 2 aromatic heterocycles. The summed E-state index contributed by atoms with van der Waals surface area (Å²) in [4.78, 5) is 35.4. The molecular formula is C32H33Cl2N3O5. The zero-order chi connectivity index (χ0) is 30.4. The number of amides is 1. The van der Waals surface area contributed by atoms with Crippen molar-refractivity contribution < 1.29 is 23.8 Å². The molecule has 2 aromatic carbocycles. The second kappa shape index (κ2) is 13.4. The summed E-state index contributed by atoms with van der Waals surface area (Å²) in [5, 5.41) is 1.46. The summed E-state index contributed by atoms with van der Waals surface area (Å²) in [5.41, 5.74) is 2.55. The van der Waals surface area contributed by atoms with Crippen molar-refractivity contribution in [3.8, 4) is 11.5 Å². The van der Waals surface area contributed by atoms with Gasteiger partial charge in [0.2, 0.25) is 5.91 Å². The van der Waals surface area contributed by atoms with Crippen LogP contribution in [0.1, 0.15) is 50.6 Å². The molecule has 0 saturated heterocycles. The highest BCUT2D eigenvalue weighted by Crippen LogP contribution is 2.37. The Morgan fingerprint density at radius 3 is 2.40 bits per heavy atom. The number of aromatic nitrogens is 2. The van der Waals surface area contributed by atoms with Crippen LogP contribution in [-0.2, 0) is 27.5 Å². The number of pyridine rings is 2. The summed E-state index contributed by atoms with van der Waals surface area (Å²) in [7, 11) is 1.60. The maximum absolute atomic E-state index is 12.9. The molecule has 0 bridgehead atoms. The molecule has 8 nitrogen and oxygen atoms in total. The molecule has 42 heavy (non-hydrogen) atoms. The predicted octanol–water partition coefficient (Wildman–Crippen LogP) is 7.49. The summed E-state index contributed by atoms with van der Waals surface area (Å²) in [5.74, 6) is 0.463. The average Bonchev–Trinajstić information content (AvgIpc) is 2.94. The van der Waals surface area contributed by atoms with E-state index in [0.29, 0.717) is 39.9 Å². The van der Waals surface area contributed by atoms with Crippen molar-refractivity contribution in [3.63, 3.8) is 0 Å². The van der Waals surface area contributed by atoms with Crippen molar-refractivity contribution >= 4 is 51.7 Å². The number of para-hydroxylation sites is 1. The standard InChI is InChI=1S/C32H33Cl2N3O5/c1-20-17-27(40-18-21-9-6-7-16-35-21)22-10-8-11-26(31(22)36-20)41-19-23-24(33)12-13-25(30(23)34)37(5)28(38)14-15-29(39)42-32(2,3)4/h6-13,16-17H,14-15,18-19H2,1-5H3. The van der Waals surface area contributed by atoms with Crippen LogP contribution in [0.15, 0.2) is 60.8 Å². The second-order valence-electron chi connectivity index (χ2n) is 10.7. The Morgan fingerprint density at radius 2 is 1.69 bits per heavy atom. The van der Waals surface area contributed by atoms with Crippen molar-refractivity contribution in [3.05, 3.63) is 87.8 Å². The minimum atomic E-state index is -0.618. The van der Waals surface area contributed by atoms with Crippen LogP contribution in [0, 0.1) is 6.92 Å². The van der Waals surface area contributed by atoms with Gasteiger partial charge < -0.3 is 19.1 Å². The van der Waals surface area contributed by atoms with E-state index in [1.165, 1.54) is 4.90 Å². The van der Waals surface area contributed by atoms with Gasteiger partial charge in [-0.25, -0.2) is 4.98 Å². The van der Waals surface area contributed by atoms with E-state index in [1.807, 2.05) is 49.4 Å². The Morgan fingerprint density at radius 1 is 0.929 bits per heavy atom. The molecule has 4 aromatic rings. The van der Waals surface area contributed by atoms with Gasteiger partial charge in [-0.2, -0.15) is 0 Å². The van der Waals surface area contributed by atoms with E-state index in [-0.39, 0.29) is 30.4 Å². The molecule has 1 amide bonds. The van der Waals surface area contributed by atoms with Gasteiger partial charge in [0.25, 0.3) is 0 Å². The second-order valence-corrected chi connectivity index (χ2v) is 11.5. The minimum Gasteiger partial charge on any atom is -0.487 e. The number of carbonyl (C=O) groups excluding carboxylic acids is 2. The first-order valence-corrected chi connectivity index (χ1v) is 14.2. The van der Waals surface area contributed by atoms with E-state index in [2.05, 4.69) is 4.98 Å². The van der Waals surface area contributed by atoms with Crippen LogP contribution in [0.5, 0.6) is 11.5 Å². The number of halogens is 2. The third-order valence-electron chi connectivity index (χ3n) is 6.23. The number of carbonyl (C=O) groups is 2. The highest BCUT2D eigenvalue weighted by Gasteiger charge is 2.22. The molecule has 0 atom stereocenters. The molecular weight excluding hydrogens is 577 g/mol. The largest absolute Gasteiger partial charge is 0.487 e. The van der Waals surface area contributed by atoms with Crippen LogP contribution in [0.2, 0.25) is 10.0 Å². The number of hydrogen-bond donors (Lipinski definition) is 0. The van der Waals surface area contributed by atoms with E-state index in [9.17, 15) is 9.59 Å². The van der Waals surface area contributed by atoms with Gasteiger partial charge in [-0.3, -0.25) is 14.6 Å². The molecule has 0 aliphatic heterocycles. The van der Waals surface area contributed by atoms with Gasteiger partial charge in [0.05, 0.1) is 22.8 Å². The van der Waals surface area contributed by atoms with Crippen LogP contribution in [-0.4, -0.2) is 34.5 Å². The maximum atomic E-state index is 12.9. The summed E-state index contributed by atoms with van der Waals surface area (Å²) in [6.07, 6.45) is 1.66. The molecule has 0 N–H and O–H groups in total. The van der Waals surface area contributed by atoms with E-state index >= 15 is 0 Å². The molecule has 10 heteroatoms. The molecule has 0 aliphatic rings. The molecule has 0 aliphatic carbocycles. The highest BCUT2D eigenvalue weighted by atomic mass is 35.5. The lowest BCUT2D eigenvalue weighted by atomic mass is 10.1. The number of ether oxygens (including phenoxy) is 3. The molecule has 0 unspecified atom stereocenters. The third-order valence-corrected chi connectivity index (χ3v) is 7.01. The fourth-order valence-electron chi connectivity index (χ4n) is 4.21. The average molecular weight is 611 g/mol. The van der Waals surface area contributed by atoms with Gasteiger partial charge in [0, 0.05) is 47.4 Å². The molecule has 4 rings (SSSR count). The van der Waals surface area contributed by atoms with Crippen molar-refractivity contribution in [1.82, 2.24) is 9.97 Å². The van der Waals surface area contributed by atoms with Crippen LogP contribution >= 0.6 is 23.2 Å². The SMILES string of the molecule is Cc1cc(OCc2ccccn2)c2cccc(OCc3c(Cl)ccc(N(C)C(=O)CCC(=O)OC(C)(C)C)c3Cl)c2n1. The number of esters is 1. The van der Waals surface area contributed by atoms with Crippen LogP contribution in [0.25, 0.3) is 10.9 Å². The number of nitrogens with zero attached hydrogens (tertiary/aromatic N) is 3. The first-order valence-electron chi connectivity index (χ1n) is 13.4. The van der Waals surface area contributed by atoms with Crippen molar-refractivity contribution in [2.45, 2.75) is 59.4 Å². The molecule has 2 heterocycles. The topological polar surface area (TPSA) is 90.9 Å². The normalized spacial score (nSPS) is 11.3. The van der Waals surface area contributed by atoms with Crippen LogP contribution in [0.3, 0.4) is 0 Å². The van der Waals surface area contributed by atoms with Crippen molar-refractivity contribution in [1.29, 1.82) is 0 Å². The summed E-state index contributed by atoms with van der Waals surface area (Å²) in [6.45, 7) is 7.57. The first kappa shape index (κ1) is 31.1. The van der Waals surface area contributed by atoms with Gasteiger partial charge in [-0.15, -0.1) is 0 Å². The highest BCUT2D eigenvalue weighted by molar-refractivity contribution is 6.38. The number of rotatable bonds is 10. The fourth-order valence-corrected chi connectivity index (χ4v) is 4.82. The Balaban J connectivity index is 1.51. The zero-order valence-electron chi connectivity index (χ0n) is 24.2. The Labute approximate surface area is 255 Å². The molecule has 220 valence electrons. The monoisotopic (exact) mass is 609 g/mol. The first-order chi connectivity index (χ1) is 19.9. The molecule has 0 fully saturated rings. The predicted molar refractivity (Wildman–Crippen MR) is 164 cm³/mol. The summed E-state index contributed by atoms with van der Waals surface area (Å²) in [6, 6.07) is 16.5. The lowest BCUT2D eigenvalue weighted by Gasteiger charge is -2.22. The fraction of sp³-hybridized carbons (Fsp3) is 0.312. The van der Waals surface area contributed by atoms with Gasteiger partial charge in [0.15, 0.2) is 0 Å². The van der Waals surface area contributed by atoms with Gasteiger partial charge >= 0.3 is 5.97 Å². The number of benzene rings is 2. The van der Waals surface area contributed by atoms with E-state index in [4.69, 9.17) is 42.4 Å². The molecule has 0 saturated carbocycles. The third kappa shape index (κ3) is 7.89. The summed E-state index contributed by atoms with van der Waals surface area (Å²) < 4.78 is 17.6. The smallest absolute Gasteiger partial charge is 0.306 e. The van der Waals surface area contributed by atoms with Gasteiger partial charge in [0.1, 0.15) is 35.8 Å². The quantitative estimate of drug-likeness (QED) is 0.172. The number of anilines is 1. The minimum absolute atomic E-state index is 0.0258. The Bertz CT molecular complexity index is 1590. The molecule has 0 radical (unpaired) electrons. The van der Waals surface area contributed by atoms with Crippen molar-refractivity contribution in [2.75, 3.05) is 11.9 Å². The lowest BCUT2D eigenvalue weighted by molar-refractivity contribution is -0.155. The maximum Gasteiger partial charge on any atom is 0.306 e.